The van der Waals surface area contributed by atoms with Crippen molar-refractivity contribution in [3.05, 3.63) is 83.3 Å². The third-order valence-corrected chi connectivity index (χ3v) is 5.58. The van der Waals surface area contributed by atoms with Crippen molar-refractivity contribution in [2.24, 2.45) is 0 Å². The number of aliphatic hydroxyl groups excluding tert-OH is 1. The number of nitrogens with zero attached hydrogens (tertiary/aromatic N) is 1. The number of amides is 1. The monoisotopic (exact) mass is 447 g/mol. The number of aliphatic hydroxyl groups is 1. The minimum Gasteiger partial charge on any atom is -0.507 e. The number of rotatable bonds is 6. The molecule has 2 aliphatic heterocycles. The number of hydrogen-bond acceptors (Lipinski definition) is 7. The van der Waals surface area contributed by atoms with Gasteiger partial charge >= 0.3 is 0 Å². The normalized spacial score (nSPS) is 18.7. The van der Waals surface area contributed by atoms with Crippen LogP contribution in [0.15, 0.2) is 70.9 Å². The smallest absolute Gasteiger partial charge is 0.296 e. The fourth-order valence-electron chi connectivity index (χ4n) is 4.10. The van der Waals surface area contributed by atoms with E-state index in [-0.39, 0.29) is 24.7 Å². The minimum absolute atomic E-state index is 0.0148. The molecule has 0 aliphatic carbocycles. The Morgan fingerprint density at radius 1 is 1.09 bits per heavy atom. The van der Waals surface area contributed by atoms with E-state index in [1.54, 1.807) is 54.6 Å². The average Bonchev–Trinajstić information content (AvgIpc) is 3.56. The molecule has 1 aromatic heterocycles. The van der Waals surface area contributed by atoms with Crippen LogP contribution in [0.2, 0.25) is 0 Å². The van der Waals surface area contributed by atoms with Gasteiger partial charge in [-0.2, -0.15) is 0 Å². The summed E-state index contributed by atoms with van der Waals surface area (Å²) in [7, 11) is 0. The summed E-state index contributed by atoms with van der Waals surface area (Å²) in [6.45, 7) is 2.48. The van der Waals surface area contributed by atoms with Crippen molar-refractivity contribution in [2.75, 3.05) is 13.4 Å². The number of hydrogen-bond donors (Lipinski definition) is 1. The topological polar surface area (TPSA) is 98.4 Å². The first-order valence-corrected chi connectivity index (χ1v) is 10.5. The zero-order chi connectivity index (χ0) is 22.9. The second kappa shape index (κ2) is 8.38. The quantitative estimate of drug-likeness (QED) is 0.346. The van der Waals surface area contributed by atoms with Crippen molar-refractivity contribution >= 4 is 17.4 Å². The lowest BCUT2D eigenvalue weighted by Crippen LogP contribution is -2.29. The Bertz CT molecular complexity index is 1250. The van der Waals surface area contributed by atoms with Crippen LogP contribution in [0, 0.1) is 0 Å². The summed E-state index contributed by atoms with van der Waals surface area (Å²) in [6.07, 6.45) is 1.50. The van der Waals surface area contributed by atoms with Crippen molar-refractivity contribution in [2.45, 2.75) is 19.5 Å². The van der Waals surface area contributed by atoms with Gasteiger partial charge in [0.15, 0.2) is 11.5 Å². The molecule has 1 fully saturated rings. The molecule has 2 aromatic carbocycles. The molecule has 168 valence electrons. The Morgan fingerprint density at radius 2 is 1.94 bits per heavy atom. The van der Waals surface area contributed by atoms with Crippen LogP contribution in [0.4, 0.5) is 0 Å². The van der Waals surface area contributed by atoms with E-state index in [0.29, 0.717) is 40.7 Å². The predicted molar refractivity (Wildman–Crippen MR) is 117 cm³/mol. The number of ether oxygens (including phenoxy) is 3. The van der Waals surface area contributed by atoms with Crippen LogP contribution in [-0.2, 0) is 16.1 Å². The lowest BCUT2D eigenvalue weighted by Gasteiger charge is -2.25. The first-order chi connectivity index (χ1) is 16.1. The standard InChI is InChI=1S/C25H21NO7/c1-2-30-17-6-3-5-15(11-17)22-21(23(27)16-8-9-19-20(12-16)33-14-32-19)24(28)25(29)26(22)13-18-7-4-10-31-18/h3-12,22,27H,2,13-14H2,1H3/b23-21-. The van der Waals surface area contributed by atoms with Gasteiger partial charge in [0.05, 0.1) is 31.0 Å². The van der Waals surface area contributed by atoms with E-state index >= 15 is 0 Å². The van der Waals surface area contributed by atoms with Crippen LogP contribution in [0.1, 0.15) is 29.9 Å². The molecule has 3 heterocycles. The minimum atomic E-state index is -0.832. The number of carbonyl (C=O) groups excluding carboxylic acids is 2. The van der Waals surface area contributed by atoms with Crippen molar-refractivity contribution in [3.63, 3.8) is 0 Å². The average molecular weight is 447 g/mol. The molecule has 33 heavy (non-hydrogen) atoms. The van der Waals surface area contributed by atoms with Crippen molar-refractivity contribution in [1.29, 1.82) is 0 Å². The van der Waals surface area contributed by atoms with Gasteiger partial charge in [-0.15, -0.1) is 0 Å². The molecule has 8 heteroatoms. The van der Waals surface area contributed by atoms with Gasteiger partial charge in [0.1, 0.15) is 17.3 Å². The summed E-state index contributed by atoms with van der Waals surface area (Å²) in [5.74, 6) is 0.335. The van der Waals surface area contributed by atoms with E-state index in [4.69, 9.17) is 18.6 Å². The second-order valence-electron chi connectivity index (χ2n) is 7.58. The van der Waals surface area contributed by atoms with E-state index in [1.165, 1.54) is 11.2 Å². The Balaban J connectivity index is 1.64. The van der Waals surface area contributed by atoms with Crippen LogP contribution in [0.25, 0.3) is 5.76 Å². The van der Waals surface area contributed by atoms with Crippen molar-refractivity contribution < 1.29 is 33.3 Å². The van der Waals surface area contributed by atoms with E-state index in [9.17, 15) is 14.7 Å². The molecule has 0 bridgehead atoms. The molecule has 3 aromatic rings. The van der Waals surface area contributed by atoms with E-state index in [1.807, 2.05) is 6.92 Å². The third kappa shape index (κ3) is 3.69. The Labute approximate surface area is 189 Å². The molecule has 8 nitrogen and oxygen atoms in total. The van der Waals surface area contributed by atoms with Crippen molar-refractivity contribution in [1.82, 2.24) is 4.90 Å². The molecule has 0 radical (unpaired) electrons. The van der Waals surface area contributed by atoms with Crippen molar-refractivity contribution in [3.8, 4) is 17.2 Å². The highest BCUT2D eigenvalue weighted by Crippen LogP contribution is 2.42. The first kappa shape index (κ1) is 20.7. The summed E-state index contributed by atoms with van der Waals surface area (Å²) < 4.78 is 21.8. The highest BCUT2D eigenvalue weighted by atomic mass is 16.7. The Morgan fingerprint density at radius 3 is 2.73 bits per heavy atom. The summed E-state index contributed by atoms with van der Waals surface area (Å²) in [5, 5.41) is 11.2. The van der Waals surface area contributed by atoms with E-state index in [0.717, 1.165) is 0 Å². The Kier molecular flexibility index (Phi) is 5.26. The maximum atomic E-state index is 13.2. The van der Waals surface area contributed by atoms with Crippen LogP contribution in [0.5, 0.6) is 17.2 Å². The molecule has 1 unspecified atom stereocenters. The molecule has 1 N–H and O–H groups in total. The van der Waals surface area contributed by atoms with Crippen LogP contribution in [-0.4, -0.2) is 35.1 Å². The highest BCUT2D eigenvalue weighted by Gasteiger charge is 2.46. The van der Waals surface area contributed by atoms with Gasteiger partial charge in [0.2, 0.25) is 6.79 Å². The molecule has 1 atom stereocenters. The third-order valence-electron chi connectivity index (χ3n) is 5.58. The molecule has 1 saturated heterocycles. The zero-order valence-corrected chi connectivity index (χ0v) is 17.8. The van der Waals surface area contributed by atoms with Gasteiger partial charge in [-0.1, -0.05) is 12.1 Å². The van der Waals surface area contributed by atoms with Gasteiger partial charge < -0.3 is 28.6 Å². The van der Waals surface area contributed by atoms with Crippen LogP contribution in [0.3, 0.4) is 0 Å². The second-order valence-corrected chi connectivity index (χ2v) is 7.58. The van der Waals surface area contributed by atoms with Gasteiger partial charge in [-0.05, 0) is 55.0 Å². The SMILES string of the molecule is CCOc1cccc(C2/C(=C(/O)c3ccc4c(c3)OCO4)C(=O)C(=O)N2Cc2ccco2)c1. The number of carbonyl (C=O) groups is 2. The maximum Gasteiger partial charge on any atom is 0.296 e. The Hall–Kier alpha value is -4.20. The van der Waals surface area contributed by atoms with Gasteiger partial charge in [0.25, 0.3) is 11.7 Å². The number of Topliss-reactive ketones (excluding diaryl/α,β-unsaturated/α-hetero) is 1. The summed E-state index contributed by atoms with van der Waals surface area (Å²) in [4.78, 5) is 27.6. The fraction of sp³-hybridized carbons (Fsp3) is 0.200. The van der Waals surface area contributed by atoms with Gasteiger partial charge in [-0.3, -0.25) is 9.59 Å². The summed E-state index contributed by atoms with van der Waals surface area (Å²) in [6, 6.07) is 14.6. The summed E-state index contributed by atoms with van der Waals surface area (Å²) in [5.41, 5.74) is 0.967. The lowest BCUT2D eigenvalue weighted by molar-refractivity contribution is -0.140. The number of likely N-dealkylation sites (tertiary alicyclic amines) is 1. The zero-order valence-electron chi connectivity index (χ0n) is 17.8. The highest BCUT2D eigenvalue weighted by molar-refractivity contribution is 6.46. The van der Waals surface area contributed by atoms with E-state index < -0.39 is 17.7 Å². The first-order valence-electron chi connectivity index (χ1n) is 10.5. The van der Waals surface area contributed by atoms with E-state index in [2.05, 4.69) is 0 Å². The molecular formula is C25H21NO7. The van der Waals surface area contributed by atoms with Crippen LogP contribution >= 0.6 is 0 Å². The summed E-state index contributed by atoms with van der Waals surface area (Å²) >= 11 is 0. The number of fused-ring (bicyclic) bond motifs is 1. The maximum absolute atomic E-state index is 13.2. The number of furan rings is 1. The molecule has 1 amide bonds. The lowest BCUT2D eigenvalue weighted by atomic mass is 9.95. The molecule has 0 saturated carbocycles. The fourth-order valence-corrected chi connectivity index (χ4v) is 4.10. The molecular weight excluding hydrogens is 426 g/mol. The number of benzene rings is 2. The molecule has 2 aliphatic rings. The van der Waals surface area contributed by atoms with Gasteiger partial charge in [0, 0.05) is 5.56 Å². The predicted octanol–water partition coefficient (Wildman–Crippen LogP) is 4.03. The van der Waals surface area contributed by atoms with Crippen LogP contribution < -0.4 is 14.2 Å². The largest absolute Gasteiger partial charge is 0.507 e. The molecule has 5 rings (SSSR count). The molecule has 0 spiro atoms. The van der Waals surface area contributed by atoms with Gasteiger partial charge in [-0.25, -0.2) is 0 Å². The number of ketones is 1.